The van der Waals surface area contributed by atoms with Gasteiger partial charge in [0.15, 0.2) is 5.16 Å². The molecule has 0 fully saturated rings. The van der Waals surface area contributed by atoms with Crippen LogP contribution in [-0.4, -0.2) is 38.4 Å². The summed E-state index contributed by atoms with van der Waals surface area (Å²) in [5, 5.41) is 22.4. The van der Waals surface area contributed by atoms with Crippen LogP contribution in [0.4, 0.5) is 0 Å². The number of benzene rings is 2. The maximum atomic E-state index is 12.3. The van der Waals surface area contributed by atoms with Gasteiger partial charge < -0.3 is 20.5 Å². The molecule has 2 aromatic carbocycles. The number of carbonyl (C=O) groups is 1. The van der Waals surface area contributed by atoms with Gasteiger partial charge in [0, 0.05) is 13.0 Å². The van der Waals surface area contributed by atoms with Gasteiger partial charge in [-0.05, 0) is 29.7 Å². The van der Waals surface area contributed by atoms with Crippen LogP contribution >= 0.6 is 11.8 Å². The van der Waals surface area contributed by atoms with Crippen LogP contribution in [-0.2, 0) is 17.6 Å². The van der Waals surface area contributed by atoms with Gasteiger partial charge in [-0.15, -0.1) is 0 Å². The molecule has 31 heavy (non-hydrogen) atoms. The number of rotatable bonds is 9. The van der Waals surface area contributed by atoms with Crippen molar-refractivity contribution in [3.63, 3.8) is 0 Å². The summed E-state index contributed by atoms with van der Waals surface area (Å²) < 4.78 is 0. The third kappa shape index (κ3) is 7.04. The number of phenols is 1. The number of hydrogen-bond acceptors (Lipinski definition) is 6. The van der Waals surface area contributed by atoms with Gasteiger partial charge in [-0.1, -0.05) is 66.4 Å². The highest BCUT2D eigenvalue weighted by Crippen LogP contribution is 2.17. The van der Waals surface area contributed by atoms with Crippen LogP contribution in [0.15, 0.2) is 70.6 Å². The lowest BCUT2D eigenvalue weighted by Gasteiger charge is -2.06. The minimum Gasteiger partial charge on any atom is -0.508 e. The summed E-state index contributed by atoms with van der Waals surface area (Å²) in [5.41, 5.74) is 1.74. The van der Waals surface area contributed by atoms with E-state index in [0.717, 1.165) is 22.9 Å². The minimum atomic E-state index is -0.430. The van der Waals surface area contributed by atoms with E-state index >= 15 is 0 Å². The molecule has 160 valence electrons. The smallest absolute Gasteiger partial charge is 0.258 e. The summed E-state index contributed by atoms with van der Waals surface area (Å²) in [6.07, 6.45) is 4.53. The van der Waals surface area contributed by atoms with Crippen molar-refractivity contribution in [2.75, 3.05) is 12.3 Å². The van der Waals surface area contributed by atoms with Crippen LogP contribution in [0.1, 0.15) is 16.7 Å². The van der Waals surface area contributed by atoms with E-state index in [2.05, 4.69) is 15.3 Å². The molecule has 3 aromatic rings. The highest BCUT2D eigenvalue weighted by molar-refractivity contribution is 7.99. The lowest BCUT2D eigenvalue weighted by atomic mass is 10.1. The number of allylic oxidation sites excluding steroid dienone is 1. The number of aromatic nitrogens is 2. The fourth-order valence-corrected chi connectivity index (χ4v) is 3.47. The van der Waals surface area contributed by atoms with Crippen molar-refractivity contribution in [2.24, 2.45) is 0 Å². The standard InChI is InChI=1S/C23H23N3O4S/c27-18-11-9-17(10-12-18)13-14-24-20(28)15-31-23-25-21(29)19(22(30)26-23)8-4-7-16-5-2-1-3-6-16/h1-7,9-12,27H,8,13-15H2,(H,24,28)(H2,25,26,29,30). The molecule has 7 nitrogen and oxygen atoms in total. The van der Waals surface area contributed by atoms with Gasteiger partial charge in [0.05, 0.1) is 11.3 Å². The van der Waals surface area contributed by atoms with E-state index < -0.39 is 5.56 Å². The zero-order valence-corrected chi connectivity index (χ0v) is 17.6. The molecule has 0 aliphatic heterocycles. The SMILES string of the molecule is O=C(CSc1nc(O)c(CC=Cc2ccccc2)c(=O)[nH]1)NCCc1ccc(O)cc1. The molecule has 0 saturated heterocycles. The fourth-order valence-electron chi connectivity index (χ4n) is 2.79. The van der Waals surface area contributed by atoms with Gasteiger partial charge in [-0.2, -0.15) is 4.98 Å². The Bertz CT molecular complexity index is 1100. The number of hydrogen-bond donors (Lipinski definition) is 4. The van der Waals surface area contributed by atoms with E-state index in [-0.39, 0.29) is 40.4 Å². The average molecular weight is 438 g/mol. The molecule has 8 heteroatoms. The largest absolute Gasteiger partial charge is 0.508 e. The molecular formula is C23H23N3O4S. The normalized spacial score (nSPS) is 11.0. The molecule has 1 amide bonds. The maximum Gasteiger partial charge on any atom is 0.258 e. The van der Waals surface area contributed by atoms with E-state index in [1.807, 2.05) is 36.4 Å². The number of nitrogens with zero attached hydrogens (tertiary/aromatic N) is 1. The first-order chi connectivity index (χ1) is 15.0. The number of nitrogens with one attached hydrogen (secondary N) is 2. The van der Waals surface area contributed by atoms with E-state index in [0.29, 0.717) is 13.0 Å². The quantitative estimate of drug-likeness (QED) is 0.302. The van der Waals surface area contributed by atoms with Gasteiger partial charge in [-0.3, -0.25) is 9.59 Å². The monoisotopic (exact) mass is 437 g/mol. The Kier molecular flexibility index (Phi) is 7.89. The topological polar surface area (TPSA) is 115 Å². The third-order valence-corrected chi connectivity index (χ3v) is 5.29. The summed E-state index contributed by atoms with van der Waals surface area (Å²) in [5.74, 6) is -0.282. The highest BCUT2D eigenvalue weighted by Gasteiger charge is 2.11. The van der Waals surface area contributed by atoms with Crippen LogP contribution in [0.25, 0.3) is 6.08 Å². The lowest BCUT2D eigenvalue weighted by Crippen LogP contribution is -2.27. The van der Waals surface area contributed by atoms with Crippen LogP contribution in [0.2, 0.25) is 0 Å². The minimum absolute atomic E-state index is 0.0607. The van der Waals surface area contributed by atoms with E-state index in [1.54, 1.807) is 30.3 Å². The second-order valence-electron chi connectivity index (χ2n) is 6.75. The van der Waals surface area contributed by atoms with Crippen molar-refractivity contribution in [3.05, 3.63) is 87.7 Å². The maximum absolute atomic E-state index is 12.3. The first-order valence-corrected chi connectivity index (χ1v) is 10.7. The Balaban J connectivity index is 1.48. The van der Waals surface area contributed by atoms with Gasteiger partial charge >= 0.3 is 0 Å². The first kappa shape index (κ1) is 22.2. The Labute approximate surface area is 183 Å². The van der Waals surface area contributed by atoms with E-state index in [4.69, 9.17) is 0 Å². The molecule has 0 aliphatic carbocycles. The molecule has 3 rings (SSSR count). The highest BCUT2D eigenvalue weighted by atomic mass is 32.2. The third-order valence-electron chi connectivity index (χ3n) is 4.42. The number of amides is 1. The molecule has 0 spiro atoms. The predicted octanol–water partition coefficient (Wildman–Crippen LogP) is 2.89. The number of phenolic OH excluding ortho intramolecular Hbond substituents is 1. The van der Waals surface area contributed by atoms with Gasteiger partial charge in [0.2, 0.25) is 11.8 Å². The summed E-state index contributed by atoms with van der Waals surface area (Å²) in [4.78, 5) is 30.9. The molecule has 0 saturated carbocycles. The summed E-state index contributed by atoms with van der Waals surface area (Å²) >= 11 is 1.04. The average Bonchev–Trinajstić information content (AvgIpc) is 2.76. The van der Waals surface area contributed by atoms with Gasteiger partial charge in [-0.25, -0.2) is 0 Å². The van der Waals surface area contributed by atoms with Crippen molar-refractivity contribution in [2.45, 2.75) is 18.0 Å². The first-order valence-electron chi connectivity index (χ1n) is 9.72. The predicted molar refractivity (Wildman–Crippen MR) is 121 cm³/mol. The van der Waals surface area contributed by atoms with Crippen LogP contribution in [0, 0.1) is 0 Å². The van der Waals surface area contributed by atoms with Crippen molar-refractivity contribution in [1.29, 1.82) is 0 Å². The molecule has 0 bridgehead atoms. The Morgan fingerprint density at radius 3 is 2.55 bits per heavy atom. The van der Waals surface area contributed by atoms with E-state index in [9.17, 15) is 19.8 Å². The van der Waals surface area contributed by atoms with Crippen LogP contribution in [0.3, 0.4) is 0 Å². The van der Waals surface area contributed by atoms with Crippen LogP contribution < -0.4 is 10.9 Å². The van der Waals surface area contributed by atoms with Crippen molar-refractivity contribution in [3.8, 4) is 11.6 Å². The molecule has 0 radical (unpaired) electrons. The second kappa shape index (κ2) is 11.0. The molecule has 1 aromatic heterocycles. The zero-order valence-electron chi connectivity index (χ0n) is 16.7. The van der Waals surface area contributed by atoms with Crippen LogP contribution in [0.5, 0.6) is 11.6 Å². The van der Waals surface area contributed by atoms with Gasteiger partial charge in [0.25, 0.3) is 5.56 Å². The lowest BCUT2D eigenvalue weighted by molar-refractivity contribution is -0.118. The fraction of sp³-hybridized carbons (Fsp3) is 0.174. The second-order valence-corrected chi connectivity index (χ2v) is 7.71. The van der Waals surface area contributed by atoms with E-state index in [1.165, 1.54) is 0 Å². The zero-order chi connectivity index (χ0) is 22.1. The van der Waals surface area contributed by atoms with Crippen molar-refractivity contribution < 1.29 is 15.0 Å². The van der Waals surface area contributed by atoms with Crippen molar-refractivity contribution >= 4 is 23.7 Å². The number of aromatic amines is 1. The number of thioether (sulfide) groups is 1. The Morgan fingerprint density at radius 2 is 1.84 bits per heavy atom. The Hall–Kier alpha value is -3.52. The summed E-state index contributed by atoms with van der Waals surface area (Å²) in [7, 11) is 0. The molecule has 0 aliphatic rings. The van der Waals surface area contributed by atoms with Gasteiger partial charge in [0.1, 0.15) is 5.75 Å². The molecule has 4 N–H and O–H groups in total. The molecule has 0 unspecified atom stereocenters. The van der Waals surface area contributed by atoms with Crippen molar-refractivity contribution in [1.82, 2.24) is 15.3 Å². The molecule has 0 atom stereocenters. The number of carbonyl (C=O) groups excluding carboxylic acids is 1. The summed E-state index contributed by atoms with van der Waals surface area (Å²) in [6.45, 7) is 0.450. The Morgan fingerprint density at radius 1 is 1.10 bits per heavy atom. The number of H-pyrrole nitrogens is 1. The molecular weight excluding hydrogens is 414 g/mol. The molecule has 1 heterocycles. The summed E-state index contributed by atoms with van der Waals surface area (Å²) in [6, 6.07) is 16.4. The number of aromatic hydroxyl groups is 2.